The van der Waals surface area contributed by atoms with Gasteiger partial charge in [0, 0.05) is 5.39 Å². The molecule has 0 aliphatic carbocycles. The van der Waals surface area contributed by atoms with Gasteiger partial charge in [-0.2, -0.15) is 0 Å². The summed E-state index contributed by atoms with van der Waals surface area (Å²) in [6.45, 7) is 0. The standard InChI is InChI=1S/C10H4BrNO3/c11-7-3-1-2-6-4-8(15-9(6)7)10(14)12-5-13/h1-4H. The van der Waals surface area contributed by atoms with Crippen molar-refractivity contribution in [1.82, 2.24) is 0 Å². The lowest BCUT2D eigenvalue weighted by Crippen LogP contribution is -1.89. The number of carbonyl (C=O) groups excluding carboxylic acids is 2. The summed E-state index contributed by atoms with van der Waals surface area (Å²) in [5.41, 5.74) is 0.557. The minimum atomic E-state index is -0.729. The molecule has 2 rings (SSSR count). The summed E-state index contributed by atoms with van der Waals surface area (Å²) in [5.74, 6) is -0.701. The van der Waals surface area contributed by atoms with Gasteiger partial charge in [0.2, 0.25) is 6.08 Å². The number of hydrogen-bond donors (Lipinski definition) is 0. The Morgan fingerprint density at radius 3 is 2.93 bits per heavy atom. The highest BCUT2D eigenvalue weighted by molar-refractivity contribution is 9.10. The molecule has 0 N–H and O–H groups in total. The molecule has 0 fully saturated rings. The second-order valence-electron chi connectivity index (χ2n) is 2.78. The van der Waals surface area contributed by atoms with Gasteiger partial charge < -0.3 is 4.42 Å². The van der Waals surface area contributed by atoms with E-state index in [4.69, 9.17) is 4.42 Å². The van der Waals surface area contributed by atoms with Gasteiger partial charge in [0.25, 0.3) is 0 Å². The topological polar surface area (TPSA) is 59.6 Å². The van der Waals surface area contributed by atoms with Crippen molar-refractivity contribution in [3.05, 3.63) is 34.5 Å². The highest BCUT2D eigenvalue weighted by atomic mass is 79.9. The number of fused-ring (bicyclic) bond motifs is 1. The first-order valence-electron chi connectivity index (χ1n) is 4.02. The minimum absolute atomic E-state index is 0.0280. The fraction of sp³-hybridized carbons (Fsp3) is 0. The van der Waals surface area contributed by atoms with Gasteiger partial charge in [-0.15, -0.1) is 4.99 Å². The lowest BCUT2D eigenvalue weighted by Gasteiger charge is -1.89. The number of rotatable bonds is 1. The lowest BCUT2D eigenvalue weighted by molar-refractivity contribution is 0.0978. The highest BCUT2D eigenvalue weighted by Crippen LogP contribution is 2.27. The first-order valence-corrected chi connectivity index (χ1v) is 4.82. The van der Waals surface area contributed by atoms with E-state index in [1.807, 2.05) is 6.07 Å². The van der Waals surface area contributed by atoms with Crippen molar-refractivity contribution < 1.29 is 14.0 Å². The zero-order valence-electron chi connectivity index (χ0n) is 7.36. The van der Waals surface area contributed by atoms with Crippen LogP contribution in [0.1, 0.15) is 10.6 Å². The van der Waals surface area contributed by atoms with E-state index in [-0.39, 0.29) is 5.76 Å². The normalized spacial score (nSPS) is 9.93. The van der Waals surface area contributed by atoms with E-state index in [2.05, 4.69) is 20.9 Å². The molecule has 0 aliphatic heterocycles. The third kappa shape index (κ3) is 1.75. The number of amides is 1. The maximum Gasteiger partial charge on any atom is 0.323 e. The van der Waals surface area contributed by atoms with E-state index < -0.39 is 5.91 Å². The van der Waals surface area contributed by atoms with Crippen LogP contribution in [-0.4, -0.2) is 12.0 Å². The quantitative estimate of drug-likeness (QED) is 0.588. The summed E-state index contributed by atoms with van der Waals surface area (Å²) >= 11 is 3.29. The molecule has 0 spiro atoms. The second-order valence-corrected chi connectivity index (χ2v) is 3.63. The molecule has 1 aromatic heterocycles. The number of halogens is 1. The summed E-state index contributed by atoms with van der Waals surface area (Å²) in [4.78, 5) is 24.1. The smallest absolute Gasteiger partial charge is 0.323 e. The van der Waals surface area contributed by atoms with Gasteiger partial charge in [-0.25, -0.2) is 4.79 Å². The van der Waals surface area contributed by atoms with Crippen molar-refractivity contribution in [2.24, 2.45) is 4.99 Å². The molecule has 0 bridgehead atoms. The van der Waals surface area contributed by atoms with E-state index >= 15 is 0 Å². The minimum Gasteiger partial charge on any atom is -0.450 e. The van der Waals surface area contributed by atoms with Gasteiger partial charge in [-0.05, 0) is 28.1 Å². The number of isocyanates is 1. The fourth-order valence-corrected chi connectivity index (χ4v) is 1.69. The monoisotopic (exact) mass is 265 g/mol. The first kappa shape index (κ1) is 9.83. The molecule has 4 nitrogen and oxygen atoms in total. The number of hydrogen-bond acceptors (Lipinski definition) is 3. The van der Waals surface area contributed by atoms with Crippen LogP contribution < -0.4 is 0 Å². The Morgan fingerprint density at radius 1 is 1.47 bits per heavy atom. The molecule has 2 aromatic rings. The van der Waals surface area contributed by atoms with Crippen LogP contribution in [0.25, 0.3) is 11.0 Å². The van der Waals surface area contributed by atoms with Crippen LogP contribution in [0.3, 0.4) is 0 Å². The number of benzene rings is 1. The number of para-hydroxylation sites is 1. The van der Waals surface area contributed by atoms with E-state index in [1.165, 1.54) is 12.1 Å². The molecule has 74 valence electrons. The summed E-state index contributed by atoms with van der Waals surface area (Å²) in [7, 11) is 0. The second kappa shape index (κ2) is 3.81. The molecule has 15 heavy (non-hydrogen) atoms. The van der Waals surface area contributed by atoms with Crippen LogP contribution in [-0.2, 0) is 4.79 Å². The van der Waals surface area contributed by atoms with Crippen molar-refractivity contribution >= 4 is 38.9 Å². The van der Waals surface area contributed by atoms with Gasteiger partial charge in [-0.3, -0.25) is 4.79 Å². The summed E-state index contributed by atoms with van der Waals surface area (Å²) in [6, 6.07) is 6.94. The van der Waals surface area contributed by atoms with Gasteiger partial charge in [0.1, 0.15) is 5.58 Å². The van der Waals surface area contributed by atoms with Crippen LogP contribution in [0.5, 0.6) is 0 Å². The number of nitrogens with zero attached hydrogens (tertiary/aromatic N) is 1. The van der Waals surface area contributed by atoms with Crippen LogP contribution >= 0.6 is 15.9 Å². The zero-order valence-corrected chi connectivity index (χ0v) is 8.95. The van der Waals surface area contributed by atoms with E-state index in [0.717, 1.165) is 9.86 Å². The maximum atomic E-state index is 11.2. The molecule has 0 saturated carbocycles. The van der Waals surface area contributed by atoms with Crippen molar-refractivity contribution in [3.8, 4) is 0 Å². The van der Waals surface area contributed by atoms with E-state index in [9.17, 15) is 9.59 Å². The van der Waals surface area contributed by atoms with E-state index in [0.29, 0.717) is 5.58 Å². The van der Waals surface area contributed by atoms with Crippen molar-refractivity contribution in [1.29, 1.82) is 0 Å². The van der Waals surface area contributed by atoms with E-state index in [1.54, 1.807) is 12.1 Å². The molecular weight excluding hydrogens is 262 g/mol. The molecule has 0 aliphatic rings. The summed E-state index contributed by atoms with van der Waals surface area (Å²) in [5, 5.41) is 0.772. The predicted molar refractivity (Wildman–Crippen MR) is 56.4 cm³/mol. The van der Waals surface area contributed by atoms with Crippen LogP contribution in [0.2, 0.25) is 0 Å². The average molecular weight is 266 g/mol. The largest absolute Gasteiger partial charge is 0.450 e. The van der Waals surface area contributed by atoms with Gasteiger partial charge >= 0.3 is 5.91 Å². The molecular formula is C10H4BrNO3. The van der Waals surface area contributed by atoms with Gasteiger partial charge in [-0.1, -0.05) is 12.1 Å². The van der Waals surface area contributed by atoms with Crippen LogP contribution in [0.4, 0.5) is 0 Å². The average Bonchev–Trinajstić information content (AvgIpc) is 2.63. The number of furan rings is 1. The number of aliphatic imine (C=N–C) groups is 1. The Labute approximate surface area is 92.7 Å². The van der Waals surface area contributed by atoms with Gasteiger partial charge in [0.05, 0.1) is 4.47 Å². The Hall–Kier alpha value is -1.71. The molecule has 0 radical (unpaired) electrons. The van der Waals surface area contributed by atoms with Crippen molar-refractivity contribution in [3.63, 3.8) is 0 Å². The predicted octanol–water partition coefficient (Wildman–Crippen LogP) is 2.67. The van der Waals surface area contributed by atoms with Gasteiger partial charge in [0.15, 0.2) is 5.76 Å². The van der Waals surface area contributed by atoms with Crippen LogP contribution in [0.15, 0.2) is 38.1 Å². The Balaban J connectivity index is 2.61. The first-order chi connectivity index (χ1) is 7.22. The maximum absolute atomic E-state index is 11.2. The molecule has 1 aromatic carbocycles. The molecule has 5 heteroatoms. The Kier molecular flexibility index (Phi) is 2.49. The van der Waals surface area contributed by atoms with Crippen LogP contribution in [0, 0.1) is 0 Å². The van der Waals surface area contributed by atoms with Crippen molar-refractivity contribution in [2.45, 2.75) is 0 Å². The molecule has 0 saturated heterocycles. The van der Waals surface area contributed by atoms with Crippen molar-refractivity contribution in [2.75, 3.05) is 0 Å². The Morgan fingerprint density at radius 2 is 2.27 bits per heavy atom. The lowest BCUT2D eigenvalue weighted by atomic mass is 10.2. The SMILES string of the molecule is O=C=NC(=O)c1cc2cccc(Br)c2o1. The third-order valence-electron chi connectivity index (χ3n) is 1.85. The summed E-state index contributed by atoms with van der Waals surface area (Å²) in [6.07, 6.45) is 1.18. The highest BCUT2D eigenvalue weighted by Gasteiger charge is 2.12. The third-order valence-corrected chi connectivity index (χ3v) is 2.48. The fourth-order valence-electron chi connectivity index (χ4n) is 1.23. The molecule has 0 atom stereocenters. The molecule has 1 heterocycles. The molecule has 1 amide bonds. The summed E-state index contributed by atoms with van der Waals surface area (Å²) < 4.78 is 5.99. The number of carbonyl (C=O) groups is 1. The zero-order chi connectivity index (χ0) is 10.8. The molecule has 0 unspecified atom stereocenters. The Bertz CT molecular complexity index is 581.